The Bertz CT molecular complexity index is 142. The second-order valence-electron chi connectivity index (χ2n) is 2.54. The highest BCUT2D eigenvalue weighted by atomic mass is 16.4. The maximum atomic E-state index is 10.5. The predicted octanol–water partition coefficient (Wildman–Crippen LogP) is -2.35. The minimum absolute atomic E-state index is 0.736. The molecule has 2 atom stereocenters. The quantitative estimate of drug-likeness (QED) is 0.373. The Morgan fingerprint density at radius 2 is 2.00 bits per heavy atom. The first-order valence-electron chi connectivity index (χ1n) is 3.10. The van der Waals surface area contributed by atoms with Gasteiger partial charge in [-0.3, -0.25) is 4.79 Å². The smallest absolute Gasteiger partial charge is 0.189 e. The number of rotatable bonds is 4. The molecule has 0 aromatic rings. The number of carbonyl (C=O) groups is 1. The molecule has 0 saturated heterocycles. The Hall–Kier alpha value is -0.490. The number of Topliss-reactive ketones (excluding diaryl/α,β-unsaturated/α-hetero) is 1. The Kier molecular flexibility index (Phi) is 3.61. The third-order valence-corrected chi connectivity index (χ3v) is 1.37. The standard InChI is InChI=1S/C6H12O5/c1-6(11,3-8)5(10)4(9)2-7/h5,7-8,10-11H,2-3H2,1H3/t5-,6-/m1/s1. The predicted molar refractivity (Wildman–Crippen MR) is 35.8 cm³/mol. The highest BCUT2D eigenvalue weighted by Gasteiger charge is 2.34. The average Bonchev–Trinajstić information content (AvgIpc) is 2.01. The maximum Gasteiger partial charge on any atom is 0.189 e. The minimum Gasteiger partial charge on any atom is -0.393 e. The molecule has 0 bridgehead atoms. The van der Waals surface area contributed by atoms with Crippen molar-refractivity contribution >= 4 is 5.78 Å². The SMILES string of the molecule is C[C@@](O)(CO)[C@H](O)C(=O)CO. The van der Waals surface area contributed by atoms with Gasteiger partial charge in [0.05, 0.1) is 6.61 Å². The summed E-state index contributed by atoms with van der Waals surface area (Å²) in [6, 6.07) is 0. The fourth-order valence-electron chi connectivity index (χ4n) is 0.520. The molecule has 4 N–H and O–H groups in total. The van der Waals surface area contributed by atoms with E-state index >= 15 is 0 Å². The summed E-state index contributed by atoms with van der Waals surface area (Å²) in [6.45, 7) is -0.484. The van der Waals surface area contributed by atoms with Crippen LogP contribution in [0.25, 0.3) is 0 Å². The molecule has 0 amide bonds. The first-order valence-corrected chi connectivity index (χ1v) is 3.10. The Morgan fingerprint density at radius 1 is 1.55 bits per heavy atom. The molecule has 5 heteroatoms. The molecule has 0 spiro atoms. The summed E-state index contributed by atoms with van der Waals surface area (Å²) >= 11 is 0. The molecule has 0 heterocycles. The van der Waals surface area contributed by atoms with Crippen molar-refractivity contribution < 1.29 is 25.2 Å². The van der Waals surface area contributed by atoms with E-state index in [0.29, 0.717) is 0 Å². The van der Waals surface area contributed by atoms with Crippen LogP contribution in [0.5, 0.6) is 0 Å². The van der Waals surface area contributed by atoms with Gasteiger partial charge in [-0.25, -0.2) is 0 Å². The van der Waals surface area contributed by atoms with Crippen molar-refractivity contribution in [1.82, 2.24) is 0 Å². The van der Waals surface area contributed by atoms with Crippen LogP contribution in [0, 0.1) is 0 Å². The molecule has 0 saturated carbocycles. The van der Waals surface area contributed by atoms with E-state index in [-0.39, 0.29) is 0 Å². The molecule has 66 valence electrons. The highest BCUT2D eigenvalue weighted by Crippen LogP contribution is 2.08. The lowest BCUT2D eigenvalue weighted by Gasteiger charge is -2.24. The molecule has 0 unspecified atom stereocenters. The van der Waals surface area contributed by atoms with E-state index in [9.17, 15) is 4.79 Å². The van der Waals surface area contributed by atoms with E-state index in [0.717, 1.165) is 6.92 Å². The molecule has 0 aliphatic rings. The van der Waals surface area contributed by atoms with Crippen molar-refractivity contribution in [2.45, 2.75) is 18.6 Å². The van der Waals surface area contributed by atoms with Crippen molar-refractivity contribution in [2.24, 2.45) is 0 Å². The largest absolute Gasteiger partial charge is 0.393 e. The molecular weight excluding hydrogens is 152 g/mol. The van der Waals surface area contributed by atoms with Gasteiger partial charge in [0, 0.05) is 0 Å². The molecular formula is C6H12O5. The third-order valence-electron chi connectivity index (χ3n) is 1.37. The van der Waals surface area contributed by atoms with E-state index < -0.39 is 30.7 Å². The zero-order valence-electron chi connectivity index (χ0n) is 6.19. The van der Waals surface area contributed by atoms with Crippen LogP contribution in [0.4, 0.5) is 0 Å². The Morgan fingerprint density at radius 3 is 2.27 bits per heavy atom. The number of carbonyl (C=O) groups excluding carboxylic acids is 1. The summed E-state index contributed by atoms with van der Waals surface area (Å²) in [4.78, 5) is 10.5. The van der Waals surface area contributed by atoms with Gasteiger partial charge in [-0.1, -0.05) is 0 Å². The van der Waals surface area contributed by atoms with E-state index in [1.807, 2.05) is 0 Å². The van der Waals surface area contributed by atoms with Gasteiger partial charge in [0.2, 0.25) is 0 Å². The average molecular weight is 164 g/mol. The number of aliphatic hydroxyl groups is 4. The zero-order valence-corrected chi connectivity index (χ0v) is 6.19. The normalized spacial score (nSPS) is 19.0. The van der Waals surface area contributed by atoms with Gasteiger partial charge >= 0.3 is 0 Å². The van der Waals surface area contributed by atoms with Crippen LogP contribution in [0.3, 0.4) is 0 Å². The van der Waals surface area contributed by atoms with Crippen LogP contribution in [-0.2, 0) is 4.79 Å². The van der Waals surface area contributed by atoms with Crippen LogP contribution >= 0.6 is 0 Å². The fraction of sp³-hybridized carbons (Fsp3) is 0.833. The fourth-order valence-corrected chi connectivity index (χ4v) is 0.520. The number of hydrogen-bond donors (Lipinski definition) is 4. The molecule has 11 heavy (non-hydrogen) atoms. The summed E-state index contributed by atoms with van der Waals surface area (Å²) < 4.78 is 0. The lowest BCUT2D eigenvalue weighted by Crippen LogP contribution is -2.48. The first-order chi connectivity index (χ1) is 4.95. The Balaban J connectivity index is 4.22. The summed E-state index contributed by atoms with van der Waals surface area (Å²) in [5.41, 5.74) is -1.88. The van der Waals surface area contributed by atoms with E-state index in [4.69, 9.17) is 20.4 Å². The van der Waals surface area contributed by atoms with Crippen LogP contribution < -0.4 is 0 Å². The molecule has 5 nitrogen and oxygen atoms in total. The Labute approximate surface area is 63.9 Å². The minimum atomic E-state index is -1.88. The molecule has 0 aromatic carbocycles. The molecule has 0 rings (SSSR count). The van der Waals surface area contributed by atoms with Crippen LogP contribution in [0.1, 0.15) is 6.92 Å². The lowest BCUT2D eigenvalue weighted by atomic mass is 9.97. The molecule has 0 aliphatic heterocycles. The monoisotopic (exact) mass is 164 g/mol. The summed E-state index contributed by atoms with van der Waals surface area (Å²) in [7, 11) is 0. The van der Waals surface area contributed by atoms with E-state index in [1.54, 1.807) is 0 Å². The van der Waals surface area contributed by atoms with Gasteiger partial charge in [-0.05, 0) is 6.92 Å². The first kappa shape index (κ1) is 10.5. The van der Waals surface area contributed by atoms with Crippen LogP contribution in [-0.4, -0.2) is 51.1 Å². The molecule has 0 aliphatic carbocycles. The van der Waals surface area contributed by atoms with Gasteiger partial charge in [-0.2, -0.15) is 0 Å². The van der Waals surface area contributed by atoms with Crippen molar-refractivity contribution in [2.75, 3.05) is 13.2 Å². The topological polar surface area (TPSA) is 98.0 Å². The number of aliphatic hydroxyl groups excluding tert-OH is 3. The number of ketones is 1. The van der Waals surface area contributed by atoms with E-state index in [1.165, 1.54) is 0 Å². The van der Waals surface area contributed by atoms with Crippen molar-refractivity contribution in [3.63, 3.8) is 0 Å². The van der Waals surface area contributed by atoms with Gasteiger partial charge in [0.25, 0.3) is 0 Å². The lowest BCUT2D eigenvalue weighted by molar-refractivity contribution is -0.149. The van der Waals surface area contributed by atoms with Crippen molar-refractivity contribution in [1.29, 1.82) is 0 Å². The summed E-state index contributed by atoms with van der Waals surface area (Å²) in [5, 5.41) is 34.7. The number of hydrogen-bond acceptors (Lipinski definition) is 5. The maximum absolute atomic E-state index is 10.5. The molecule has 0 radical (unpaired) electrons. The summed E-state index contributed by atoms with van der Waals surface area (Å²) in [5.74, 6) is -0.913. The van der Waals surface area contributed by atoms with Gasteiger partial charge in [0.15, 0.2) is 5.78 Å². The highest BCUT2D eigenvalue weighted by molar-refractivity contribution is 5.84. The van der Waals surface area contributed by atoms with Crippen LogP contribution in [0.2, 0.25) is 0 Å². The molecule has 0 aromatic heterocycles. The third kappa shape index (κ3) is 2.55. The van der Waals surface area contributed by atoms with Crippen LogP contribution in [0.15, 0.2) is 0 Å². The van der Waals surface area contributed by atoms with E-state index in [2.05, 4.69) is 0 Å². The van der Waals surface area contributed by atoms with Crippen molar-refractivity contribution in [3.05, 3.63) is 0 Å². The second kappa shape index (κ2) is 3.77. The second-order valence-corrected chi connectivity index (χ2v) is 2.54. The summed E-state index contributed by atoms with van der Waals surface area (Å²) in [6.07, 6.45) is -1.74. The zero-order chi connectivity index (χ0) is 9.07. The van der Waals surface area contributed by atoms with Crippen molar-refractivity contribution in [3.8, 4) is 0 Å². The van der Waals surface area contributed by atoms with Gasteiger partial charge in [0.1, 0.15) is 18.3 Å². The molecule has 0 fully saturated rings. The van der Waals surface area contributed by atoms with Gasteiger partial charge in [-0.15, -0.1) is 0 Å². The van der Waals surface area contributed by atoms with Gasteiger partial charge < -0.3 is 20.4 Å².